The van der Waals surface area contributed by atoms with Crippen LogP contribution >= 0.6 is 15.9 Å². The highest BCUT2D eigenvalue weighted by atomic mass is 79.9. The van der Waals surface area contributed by atoms with E-state index in [1.54, 1.807) is 10.6 Å². The first-order chi connectivity index (χ1) is 11.3. The first kappa shape index (κ1) is 14.3. The Balaban J connectivity index is 2.27. The lowest BCUT2D eigenvalue weighted by Crippen LogP contribution is -2.18. The molecule has 0 spiro atoms. The van der Waals surface area contributed by atoms with Gasteiger partial charge in [-0.2, -0.15) is 0 Å². The fraction of sp³-hybridized carbons (Fsp3) is 0.176. The molecule has 3 heterocycles. The van der Waals surface area contributed by atoms with Crippen molar-refractivity contribution in [2.75, 3.05) is 19.0 Å². The molecule has 1 aromatic carbocycles. The molecule has 3 aromatic heterocycles. The molecule has 0 aliphatic rings. The van der Waals surface area contributed by atoms with Crippen LogP contribution in [0.3, 0.4) is 0 Å². The van der Waals surface area contributed by atoms with E-state index in [-0.39, 0.29) is 11.3 Å². The van der Waals surface area contributed by atoms with Crippen molar-refractivity contribution in [3.63, 3.8) is 0 Å². The molecule has 0 radical (unpaired) electrons. The fourth-order valence-corrected chi connectivity index (χ4v) is 3.22. The van der Waals surface area contributed by atoms with Gasteiger partial charge in [-0.05, 0) is 12.1 Å². The smallest absolute Gasteiger partial charge is 0.302 e. The van der Waals surface area contributed by atoms with Crippen LogP contribution in [0, 0.1) is 0 Å². The van der Waals surface area contributed by atoms with Crippen LogP contribution in [0.15, 0.2) is 41.3 Å². The standard InChI is InChI=1S/C17H13BrN2O3/c1-22-15-13-14-11(6-8-19-13)10-4-2-3-5-12(10)20(14)17(21)16(15)23-9-7-18/h2-6,8H,7,9H2,1H3. The molecule has 6 heteroatoms. The van der Waals surface area contributed by atoms with Crippen LogP contribution in [0.25, 0.3) is 27.3 Å². The predicted molar refractivity (Wildman–Crippen MR) is 93.5 cm³/mol. The van der Waals surface area contributed by atoms with Crippen LogP contribution in [0.1, 0.15) is 0 Å². The molecule has 0 bridgehead atoms. The maximum atomic E-state index is 13.0. The van der Waals surface area contributed by atoms with E-state index in [2.05, 4.69) is 20.9 Å². The zero-order chi connectivity index (χ0) is 16.0. The molecule has 0 fully saturated rings. The molecular formula is C17H13BrN2O3. The highest BCUT2D eigenvalue weighted by Crippen LogP contribution is 2.37. The van der Waals surface area contributed by atoms with Crippen LogP contribution < -0.4 is 15.0 Å². The molecule has 0 saturated carbocycles. The topological polar surface area (TPSA) is 52.8 Å². The first-order valence-corrected chi connectivity index (χ1v) is 8.30. The van der Waals surface area contributed by atoms with E-state index < -0.39 is 0 Å². The van der Waals surface area contributed by atoms with Gasteiger partial charge in [-0.25, -0.2) is 0 Å². The van der Waals surface area contributed by atoms with Crippen molar-refractivity contribution in [2.24, 2.45) is 0 Å². The Labute approximate surface area is 139 Å². The van der Waals surface area contributed by atoms with Gasteiger partial charge in [0.15, 0.2) is 5.75 Å². The zero-order valence-electron chi connectivity index (χ0n) is 12.4. The normalized spacial score (nSPS) is 11.6. The molecule has 4 aromatic rings. The average Bonchev–Trinajstić information content (AvgIpc) is 2.93. The number of fused-ring (bicyclic) bond motifs is 3. The van der Waals surface area contributed by atoms with Gasteiger partial charge in [0.25, 0.3) is 0 Å². The molecule has 5 nitrogen and oxygen atoms in total. The predicted octanol–water partition coefficient (Wildman–Crippen LogP) is 3.22. The van der Waals surface area contributed by atoms with Gasteiger partial charge in [-0.3, -0.25) is 14.2 Å². The minimum atomic E-state index is -0.227. The number of nitrogens with zero attached hydrogens (tertiary/aromatic N) is 2. The monoisotopic (exact) mass is 372 g/mol. The summed E-state index contributed by atoms with van der Waals surface area (Å²) in [4.78, 5) is 17.4. The molecular weight excluding hydrogens is 360 g/mol. The number of ether oxygens (including phenoxy) is 2. The largest absolute Gasteiger partial charge is 0.491 e. The van der Waals surface area contributed by atoms with E-state index in [4.69, 9.17) is 9.47 Å². The molecule has 0 saturated heterocycles. The van der Waals surface area contributed by atoms with Crippen molar-refractivity contribution < 1.29 is 9.47 Å². The first-order valence-electron chi connectivity index (χ1n) is 7.18. The quantitative estimate of drug-likeness (QED) is 0.516. The molecule has 0 amide bonds. The van der Waals surface area contributed by atoms with E-state index in [9.17, 15) is 4.79 Å². The third kappa shape index (κ3) is 1.91. The summed E-state index contributed by atoms with van der Waals surface area (Å²) in [6, 6.07) is 9.72. The molecule has 0 aliphatic heterocycles. The van der Waals surface area contributed by atoms with E-state index in [1.807, 2.05) is 30.3 Å². The Kier molecular flexibility index (Phi) is 3.34. The number of halogens is 1. The van der Waals surface area contributed by atoms with Gasteiger partial charge >= 0.3 is 5.56 Å². The number of hydrogen-bond acceptors (Lipinski definition) is 4. The molecule has 0 atom stereocenters. The molecule has 0 N–H and O–H groups in total. The maximum absolute atomic E-state index is 13.0. The van der Waals surface area contributed by atoms with Crippen molar-refractivity contribution in [3.05, 3.63) is 46.9 Å². The van der Waals surface area contributed by atoms with Gasteiger partial charge in [0.1, 0.15) is 5.52 Å². The Morgan fingerprint density at radius 3 is 2.78 bits per heavy atom. The third-order valence-corrected chi connectivity index (χ3v) is 4.25. The van der Waals surface area contributed by atoms with Gasteiger partial charge in [0.05, 0.1) is 24.8 Å². The summed E-state index contributed by atoms with van der Waals surface area (Å²) >= 11 is 3.31. The summed E-state index contributed by atoms with van der Waals surface area (Å²) in [5.74, 6) is 0.581. The molecule has 4 rings (SSSR count). The van der Waals surface area contributed by atoms with Crippen molar-refractivity contribution in [3.8, 4) is 11.5 Å². The van der Waals surface area contributed by atoms with E-state index in [0.29, 0.717) is 23.2 Å². The highest BCUT2D eigenvalue weighted by Gasteiger charge is 2.23. The van der Waals surface area contributed by atoms with E-state index >= 15 is 0 Å². The van der Waals surface area contributed by atoms with E-state index in [0.717, 1.165) is 21.8 Å². The number of rotatable bonds is 4. The summed E-state index contributed by atoms with van der Waals surface area (Å²) in [6.45, 7) is 0.373. The van der Waals surface area contributed by atoms with Crippen molar-refractivity contribution in [1.82, 2.24) is 9.38 Å². The third-order valence-electron chi connectivity index (χ3n) is 3.93. The molecule has 0 unspecified atom stereocenters. The number of hydrogen-bond donors (Lipinski definition) is 0. The zero-order valence-corrected chi connectivity index (χ0v) is 14.0. The van der Waals surface area contributed by atoms with Gasteiger partial charge < -0.3 is 9.47 Å². The molecule has 0 aliphatic carbocycles. The second kappa shape index (κ2) is 5.38. The summed E-state index contributed by atoms with van der Waals surface area (Å²) < 4.78 is 12.8. The Morgan fingerprint density at radius 1 is 1.17 bits per heavy atom. The number of pyridine rings is 2. The van der Waals surface area contributed by atoms with Gasteiger partial charge in [0.2, 0.25) is 5.75 Å². The number of benzene rings is 1. The Hall–Kier alpha value is -2.34. The second-order valence-corrected chi connectivity index (χ2v) is 5.91. The van der Waals surface area contributed by atoms with Crippen LogP contribution in [-0.4, -0.2) is 28.4 Å². The lowest BCUT2D eigenvalue weighted by atomic mass is 10.2. The van der Waals surface area contributed by atoms with Crippen molar-refractivity contribution >= 4 is 43.3 Å². The summed E-state index contributed by atoms with van der Waals surface area (Å²) in [7, 11) is 1.53. The maximum Gasteiger partial charge on any atom is 0.302 e. The Bertz CT molecular complexity index is 1070. The number of methoxy groups -OCH3 is 1. The van der Waals surface area contributed by atoms with Crippen molar-refractivity contribution in [1.29, 1.82) is 0 Å². The molecule has 23 heavy (non-hydrogen) atoms. The minimum absolute atomic E-state index is 0.195. The summed E-state index contributed by atoms with van der Waals surface area (Å²) in [5.41, 5.74) is 2.01. The van der Waals surface area contributed by atoms with Crippen LogP contribution in [0.5, 0.6) is 11.5 Å². The minimum Gasteiger partial charge on any atom is -0.491 e. The number of para-hydroxylation sites is 1. The number of aromatic nitrogens is 2. The van der Waals surface area contributed by atoms with Crippen LogP contribution in [-0.2, 0) is 0 Å². The fourth-order valence-electron chi connectivity index (χ4n) is 3.06. The lowest BCUT2D eigenvalue weighted by Gasteiger charge is -2.12. The summed E-state index contributed by atoms with van der Waals surface area (Å²) in [5, 5.41) is 2.61. The highest BCUT2D eigenvalue weighted by molar-refractivity contribution is 9.09. The van der Waals surface area contributed by atoms with Crippen LogP contribution in [0.4, 0.5) is 0 Å². The SMILES string of the molecule is COc1c(OCCBr)c(=O)n2c3ccccc3c3ccnc1c32. The van der Waals surface area contributed by atoms with Gasteiger partial charge in [0, 0.05) is 22.3 Å². The molecule has 116 valence electrons. The van der Waals surface area contributed by atoms with Gasteiger partial charge in [-0.1, -0.05) is 34.1 Å². The van der Waals surface area contributed by atoms with Crippen LogP contribution in [0.2, 0.25) is 0 Å². The van der Waals surface area contributed by atoms with E-state index in [1.165, 1.54) is 7.11 Å². The Morgan fingerprint density at radius 2 is 2.00 bits per heavy atom. The van der Waals surface area contributed by atoms with Crippen molar-refractivity contribution in [2.45, 2.75) is 0 Å². The average molecular weight is 373 g/mol. The van der Waals surface area contributed by atoms with Gasteiger partial charge in [-0.15, -0.1) is 0 Å². The summed E-state index contributed by atoms with van der Waals surface area (Å²) in [6.07, 6.45) is 1.73. The lowest BCUT2D eigenvalue weighted by molar-refractivity contribution is 0.311. The second-order valence-electron chi connectivity index (χ2n) is 5.11. The number of alkyl halides is 1.